The molecule has 0 aromatic heterocycles. The maximum absolute atomic E-state index is 5.42. The fourth-order valence-electron chi connectivity index (χ4n) is 1.87. The summed E-state index contributed by atoms with van der Waals surface area (Å²) in [7, 11) is 0. The molecule has 0 fully saturated rings. The van der Waals surface area contributed by atoms with Gasteiger partial charge in [-0.2, -0.15) is 0 Å². The molecular formula is C15H24. The summed E-state index contributed by atoms with van der Waals surface area (Å²) in [5.74, 6) is 3.38. The van der Waals surface area contributed by atoms with Crippen molar-refractivity contribution in [2.75, 3.05) is 0 Å². The topological polar surface area (TPSA) is 0 Å². The minimum absolute atomic E-state index is 0.656. The van der Waals surface area contributed by atoms with E-state index in [9.17, 15) is 0 Å². The van der Waals surface area contributed by atoms with Gasteiger partial charge in [-0.3, -0.25) is 0 Å². The summed E-state index contributed by atoms with van der Waals surface area (Å²) >= 11 is 0. The Morgan fingerprint density at radius 2 is 1.87 bits per heavy atom. The van der Waals surface area contributed by atoms with E-state index >= 15 is 0 Å². The zero-order chi connectivity index (χ0) is 11.7. The summed E-state index contributed by atoms with van der Waals surface area (Å²) in [6, 6.07) is 0. The first-order chi connectivity index (χ1) is 7.19. The Kier molecular flexibility index (Phi) is 7.82. The number of allylic oxidation sites excluding steroid dienone is 3. The molecule has 0 unspecified atom stereocenters. The average Bonchev–Trinajstić information content (AvgIpc) is 2.25. The van der Waals surface area contributed by atoms with Gasteiger partial charge in [0, 0.05) is 12.0 Å². The SMILES string of the molecule is C#C/C(=C/C)CC(=C)C(CCC)CCC. The van der Waals surface area contributed by atoms with E-state index in [4.69, 9.17) is 6.42 Å². The van der Waals surface area contributed by atoms with E-state index in [-0.39, 0.29) is 0 Å². The summed E-state index contributed by atoms with van der Waals surface area (Å²) in [4.78, 5) is 0. The van der Waals surface area contributed by atoms with Crippen molar-refractivity contribution >= 4 is 0 Å². The Hall–Kier alpha value is -0.960. The van der Waals surface area contributed by atoms with Crippen molar-refractivity contribution in [1.29, 1.82) is 0 Å². The zero-order valence-electron chi connectivity index (χ0n) is 10.5. The van der Waals surface area contributed by atoms with Crippen LogP contribution >= 0.6 is 0 Å². The average molecular weight is 204 g/mol. The van der Waals surface area contributed by atoms with E-state index in [0.29, 0.717) is 5.92 Å². The molecule has 0 bridgehead atoms. The number of hydrogen-bond acceptors (Lipinski definition) is 0. The molecule has 0 heteroatoms. The van der Waals surface area contributed by atoms with E-state index in [2.05, 4.69) is 26.3 Å². The van der Waals surface area contributed by atoms with Crippen LogP contribution in [0.1, 0.15) is 52.9 Å². The highest BCUT2D eigenvalue weighted by molar-refractivity contribution is 5.29. The molecule has 0 aliphatic carbocycles. The van der Waals surface area contributed by atoms with Crippen LogP contribution in [0.2, 0.25) is 0 Å². The predicted molar refractivity (Wildman–Crippen MR) is 69.7 cm³/mol. The van der Waals surface area contributed by atoms with Crippen molar-refractivity contribution in [2.45, 2.75) is 52.9 Å². The standard InChI is InChI=1S/C15H24/c1-6-10-15(11-7-2)13(5)12-14(8-3)9-4/h3,9,15H,5-7,10-12H2,1-2,4H3/b14-9-. The predicted octanol–water partition coefficient (Wildman–Crippen LogP) is 4.73. The van der Waals surface area contributed by atoms with Crippen molar-refractivity contribution in [2.24, 2.45) is 5.92 Å². The van der Waals surface area contributed by atoms with Gasteiger partial charge >= 0.3 is 0 Å². The number of hydrogen-bond donors (Lipinski definition) is 0. The van der Waals surface area contributed by atoms with Gasteiger partial charge in [0.25, 0.3) is 0 Å². The fourth-order valence-corrected chi connectivity index (χ4v) is 1.87. The van der Waals surface area contributed by atoms with Crippen LogP contribution in [0.4, 0.5) is 0 Å². The van der Waals surface area contributed by atoms with E-state index in [1.54, 1.807) is 0 Å². The van der Waals surface area contributed by atoms with Crippen LogP contribution < -0.4 is 0 Å². The summed E-state index contributed by atoms with van der Waals surface area (Å²) < 4.78 is 0. The first-order valence-electron chi connectivity index (χ1n) is 5.98. The van der Waals surface area contributed by atoms with Crippen LogP contribution in [-0.4, -0.2) is 0 Å². The van der Waals surface area contributed by atoms with Gasteiger partial charge in [0.05, 0.1) is 0 Å². The first kappa shape index (κ1) is 14.0. The molecule has 0 aliphatic rings. The zero-order valence-corrected chi connectivity index (χ0v) is 10.5. The second-order valence-electron chi connectivity index (χ2n) is 4.07. The van der Waals surface area contributed by atoms with Crippen LogP contribution in [0, 0.1) is 18.3 Å². The van der Waals surface area contributed by atoms with Gasteiger partial charge in [0.1, 0.15) is 0 Å². The van der Waals surface area contributed by atoms with Crippen LogP contribution in [0.25, 0.3) is 0 Å². The van der Waals surface area contributed by atoms with Crippen molar-refractivity contribution in [1.82, 2.24) is 0 Å². The van der Waals surface area contributed by atoms with Crippen molar-refractivity contribution < 1.29 is 0 Å². The molecular weight excluding hydrogens is 180 g/mol. The smallest absolute Gasteiger partial charge is 0.00154 e. The lowest BCUT2D eigenvalue weighted by atomic mass is 9.87. The van der Waals surface area contributed by atoms with Gasteiger partial charge in [-0.05, 0) is 25.7 Å². The largest absolute Gasteiger partial charge is 0.115 e. The molecule has 84 valence electrons. The van der Waals surface area contributed by atoms with Crippen LogP contribution in [0.15, 0.2) is 23.8 Å². The fraction of sp³-hybridized carbons (Fsp3) is 0.600. The first-order valence-corrected chi connectivity index (χ1v) is 5.98. The van der Waals surface area contributed by atoms with Gasteiger partial charge in [0.15, 0.2) is 0 Å². The second-order valence-corrected chi connectivity index (χ2v) is 4.07. The third-order valence-corrected chi connectivity index (χ3v) is 2.80. The van der Waals surface area contributed by atoms with Gasteiger partial charge in [-0.15, -0.1) is 6.42 Å². The molecule has 0 atom stereocenters. The van der Waals surface area contributed by atoms with E-state index in [1.807, 2.05) is 13.0 Å². The minimum atomic E-state index is 0.656. The van der Waals surface area contributed by atoms with Gasteiger partial charge in [-0.25, -0.2) is 0 Å². The van der Waals surface area contributed by atoms with E-state index < -0.39 is 0 Å². The molecule has 0 aromatic carbocycles. The number of rotatable bonds is 7. The highest BCUT2D eigenvalue weighted by atomic mass is 14.2. The van der Waals surface area contributed by atoms with E-state index in [1.165, 1.54) is 31.3 Å². The third kappa shape index (κ3) is 5.47. The Labute approximate surface area is 95.5 Å². The Bertz CT molecular complexity index is 244. The molecule has 0 radical (unpaired) electrons. The Morgan fingerprint density at radius 1 is 1.33 bits per heavy atom. The lowest BCUT2D eigenvalue weighted by Crippen LogP contribution is -2.03. The molecule has 0 amide bonds. The summed E-state index contributed by atoms with van der Waals surface area (Å²) in [6.07, 6.45) is 13.3. The van der Waals surface area contributed by atoms with Crippen molar-refractivity contribution in [3.8, 4) is 12.3 Å². The van der Waals surface area contributed by atoms with Crippen molar-refractivity contribution in [3.63, 3.8) is 0 Å². The summed E-state index contributed by atoms with van der Waals surface area (Å²) in [6.45, 7) is 10.6. The minimum Gasteiger partial charge on any atom is -0.115 e. The molecule has 0 aliphatic heterocycles. The highest BCUT2D eigenvalue weighted by Gasteiger charge is 2.11. The summed E-state index contributed by atoms with van der Waals surface area (Å²) in [5.41, 5.74) is 2.38. The van der Waals surface area contributed by atoms with Crippen LogP contribution in [0.5, 0.6) is 0 Å². The second kappa shape index (κ2) is 8.36. The lowest BCUT2D eigenvalue weighted by Gasteiger charge is -2.18. The molecule has 0 heterocycles. The van der Waals surface area contributed by atoms with Gasteiger partial charge in [-0.1, -0.05) is 50.8 Å². The molecule has 0 rings (SSSR count). The molecule has 0 aromatic rings. The third-order valence-electron chi connectivity index (χ3n) is 2.80. The summed E-state index contributed by atoms with van der Waals surface area (Å²) in [5, 5.41) is 0. The maximum Gasteiger partial charge on any atom is 0.00154 e. The molecule has 0 saturated carbocycles. The lowest BCUT2D eigenvalue weighted by molar-refractivity contribution is 0.497. The monoisotopic (exact) mass is 204 g/mol. The Balaban J connectivity index is 4.32. The van der Waals surface area contributed by atoms with Gasteiger partial charge < -0.3 is 0 Å². The quantitative estimate of drug-likeness (QED) is 0.415. The maximum atomic E-state index is 5.42. The molecule has 15 heavy (non-hydrogen) atoms. The number of terminal acetylenes is 1. The van der Waals surface area contributed by atoms with Crippen molar-refractivity contribution in [3.05, 3.63) is 23.8 Å². The molecule has 0 spiro atoms. The molecule has 0 saturated heterocycles. The normalized spacial score (nSPS) is 11.5. The van der Waals surface area contributed by atoms with E-state index in [0.717, 1.165) is 12.0 Å². The van der Waals surface area contributed by atoms with Crippen LogP contribution in [0.3, 0.4) is 0 Å². The molecule has 0 N–H and O–H groups in total. The van der Waals surface area contributed by atoms with Gasteiger partial charge in [0.2, 0.25) is 0 Å². The molecule has 0 nitrogen and oxygen atoms in total. The van der Waals surface area contributed by atoms with Crippen LogP contribution in [-0.2, 0) is 0 Å². The Morgan fingerprint density at radius 3 is 2.20 bits per heavy atom. The highest BCUT2D eigenvalue weighted by Crippen LogP contribution is 2.25.